The lowest BCUT2D eigenvalue weighted by Crippen LogP contribution is -2.44. The first-order valence-corrected chi connectivity index (χ1v) is 6.76. The third-order valence-electron chi connectivity index (χ3n) is 3.56. The second-order valence-electron chi connectivity index (χ2n) is 5.08. The summed E-state index contributed by atoms with van der Waals surface area (Å²) in [5, 5.41) is 6.22. The number of nitrogens with zero attached hydrogens (tertiary/aromatic N) is 1. The molecule has 1 aliphatic rings. The summed E-state index contributed by atoms with van der Waals surface area (Å²) in [6, 6.07) is 11.7. The fourth-order valence-electron chi connectivity index (χ4n) is 2.49. The Morgan fingerprint density at radius 1 is 1.30 bits per heavy atom. The Labute approximate surface area is 118 Å². The van der Waals surface area contributed by atoms with Crippen molar-refractivity contribution >= 4 is 11.6 Å². The molecule has 0 spiro atoms. The van der Waals surface area contributed by atoms with E-state index < -0.39 is 0 Å². The van der Waals surface area contributed by atoms with Crippen LogP contribution in [0.5, 0.6) is 0 Å². The van der Waals surface area contributed by atoms with E-state index in [-0.39, 0.29) is 11.9 Å². The van der Waals surface area contributed by atoms with Gasteiger partial charge in [-0.1, -0.05) is 24.3 Å². The van der Waals surface area contributed by atoms with Gasteiger partial charge in [0.1, 0.15) is 0 Å². The highest BCUT2D eigenvalue weighted by Gasteiger charge is 2.23. The van der Waals surface area contributed by atoms with Gasteiger partial charge in [0.05, 0.1) is 6.04 Å². The van der Waals surface area contributed by atoms with E-state index in [2.05, 4.69) is 27.8 Å². The molecule has 0 radical (unpaired) electrons. The summed E-state index contributed by atoms with van der Waals surface area (Å²) < 4.78 is 0. The predicted molar refractivity (Wildman–Crippen MR) is 78.4 cm³/mol. The van der Waals surface area contributed by atoms with Crippen molar-refractivity contribution in [3.05, 3.63) is 59.4 Å². The summed E-state index contributed by atoms with van der Waals surface area (Å²) in [6.45, 7) is 2.65. The minimum Gasteiger partial charge on any atom is -0.325 e. The van der Waals surface area contributed by atoms with Gasteiger partial charge < -0.3 is 10.6 Å². The van der Waals surface area contributed by atoms with Crippen LogP contribution in [0.4, 0.5) is 5.69 Å². The average molecular weight is 267 g/mol. The summed E-state index contributed by atoms with van der Waals surface area (Å²) >= 11 is 0. The lowest BCUT2D eigenvalue weighted by Gasteiger charge is -2.25. The molecular weight excluding hydrogens is 250 g/mol. The first kappa shape index (κ1) is 12.8. The molecule has 1 atom stereocenters. The highest BCUT2D eigenvalue weighted by atomic mass is 16.2. The van der Waals surface area contributed by atoms with Crippen molar-refractivity contribution in [1.29, 1.82) is 0 Å². The Morgan fingerprint density at radius 3 is 2.90 bits per heavy atom. The highest BCUT2D eigenvalue weighted by Crippen LogP contribution is 2.17. The molecule has 1 aromatic carbocycles. The molecule has 4 heteroatoms. The number of benzene rings is 1. The van der Waals surface area contributed by atoms with Crippen LogP contribution in [0.2, 0.25) is 0 Å². The zero-order valence-electron chi connectivity index (χ0n) is 11.4. The van der Waals surface area contributed by atoms with Gasteiger partial charge in [-0.05, 0) is 36.6 Å². The number of hydrogen-bond donors (Lipinski definition) is 2. The quantitative estimate of drug-likeness (QED) is 0.875. The number of rotatable bonds is 2. The van der Waals surface area contributed by atoms with Gasteiger partial charge in [-0.25, -0.2) is 0 Å². The SMILES string of the molecule is Cc1cc(NC(=O)[C@H]2Cc3ccccc3CN2)ccn1. The summed E-state index contributed by atoms with van der Waals surface area (Å²) in [4.78, 5) is 16.4. The standard InChI is InChI=1S/C16H17N3O/c1-11-8-14(6-7-17-11)19-16(20)15-9-12-4-2-3-5-13(12)10-18-15/h2-8,15,18H,9-10H2,1H3,(H,17,19,20)/t15-/m1/s1. The molecule has 2 heterocycles. The maximum absolute atomic E-state index is 12.3. The lowest BCUT2D eigenvalue weighted by molar-refractivity contribution is -0.118. The molecule has 20 heavy (non-hydrogen) atoms. The van der Waals surface area contributed by atoms with E-state index >= 15 is 0 Å². The summed E-state index contributed by atoms with van der Waals surface area (Å²) in [6.07, 6.45) is 2.43. The van der Waals surface area contributed by atoms with Crippen molar-refractivity contribution < 1.29 is 4.79 Å². The third-order valence-corrected chi connectivity index (χ3v) is 3.56. The van der Waals surface area contributed by atoms with E-state index in [4.69, 9.17) is 0 Å². The first-order chi connectivity index (χ1) is 9.72. The summed E-state index contributed by atoms with van der Waals surface area (Å²) in [5.41, 5.74) is 4.21. The van der Waals surface area contributed by atoms with Gasteiger partial charge in [0.2, 0.25) is 5.91 Å². The van der Waals surface area contributed by atoms with Crippen LogP contribution in [-0.2, 0) is 17.8 Å². The smallest absolute Gasteiger partial charge is 0.241 e. The van der Waals surface area contributed by atoms with Crippen LogP contribution in [-0.4, -0.2) is 16.9 Å². The Morgan fingerprint density at radius 2 is 2.10 bits per heavy atom. The normalized spacial score (nSPS) is 17.4. The molecule has 2 aromatic rings. The first-order valence-electron chi connectivity index (χ1n) is 6.76. The van der Waals surface area contributed by atoms with Gasteiger partial charge in [0.25, 0.3) is 0 Å². The van der Waals surface area contributed by atoms with E-state index in [0.29, 0.717) is 0 Å². The molecule has 4 nitrogen and oxygen atoms in total. The van der Waals surface area contributed by atoms with E-state index in [9.17, 15) is 4.79 Å². The van der Waals surface area contributed by atoms with Gasteiger partial charge in [0, 0.05) is 24.1 Å². The van der Waals surface area contributed by atoms with Crippen LogP contribution < -0.4 is 10.6 Å². The van der Waals surface area contributed by atoms with Crippen LogP contribution in [0.15, 0.2) is 42.6 Å². The second kappa shape index (κ2) is 5.43. The van der Waals surface area contributed by atoms with Crippen LogP contribution in [0.3, 0.4) is 0 Å². The van der Waals surface area contributed by atoms with E-state index in [1.54, 1.807) is 6.20 Å². The maximum atomic E-state index is 12.3. The molecule has 0 fully saturated rings. The molecule has 102 valence electrons. The van der Waals surface area contributed by atoms with Gasteiger partial charge in [0.15, 0.2) is 0 Å². The topological polar surface area (TPSA) is 54.0 Å². The van der Waals surface area contributed by atoms with Crippen LogP contribution >= 0.6 is 0 Å². The van der Waals surface area contributed by atoms with Crippen LogP contribution in [0.1, 0.15) is 16.8 Å². The van der Waals surface area contributed by atoms with Crippen molar-refractivity contribution in [3.63, 3.8) is 0 Å². The van der Waals surface area contributed by atoms with Crippen LogP contribution in [0.25, 0.3) is 0 Å². The predicted octanol–water partition coefficient (Wildman–Crippen LogP) is 2.04. The van der Waals surface area contributed by atoms with Crippen LogP contribution in [0, 0.1) is 6.92 Å². The summed E-state index contributed by atoms with van der Waals surface area (Å²) in [5.74, 6) is 0.00473. The molecular formula is C16H17N3O. The van der Waals surface area contributed by atoms with Crippen molar-refractivity contribution in [3.8, 4) is 0 Å². The number of aromatic nitrogens is 1. The number of carbonyl (C=O) groups is 1. The fourth-order valence-corrected chi connectivity index (χ4v) is 2.49. The molecule has 1 amide bonds. The Bertz CT molecular complexity index is 639. The van der Waals surface area contributed by atoms with E-state index in [1.807, 2.05) is 31.2 Å². The second-order valence-corrected chi connectivity index (χ2v) is 5.08. The Hall–Kier alpha value is -2.20. The van der Waals surface area contributed by atoms with Gasteiger partial charge in [-0.2, -0.15) is 0 Å². The molecule has 1 aromatic heterocycles. The number of amides is 1. The Kier molecular flexibility index (Phi) is 3.48. The van der Waals surface area contributed by atoms with E-state index in [1.165, 1.54) is 11.1 Å². The van der Waals surface area contributed by atoms with Crippen molar-refractivity contribution in [2.45, 2.75) is 25.9 Å². The molecule has 0 saturated heterocycles. The van der Waals surface area contributed by atoms with Crippen molar-refractivity contribution in [2.24, 2.45) is 0 Å². The van der Waals surface area contributed by atoms with Gasteiger partial charge in [-0.3, -0.25) is 9.78 Å². The maximum Gasteiger partial charge on any atom is 0.241 e. The number of pyridine rings is 1. The fraction of sp³-hybridized carbons (Fsp3) is 0.250. The average Bonchev–Trinajstić information content (AvgIpc) is 2.47. The molecule has 0 bridgehead atoms. The number of fused-ring (bicyclic) bond motifs is 1. The minimum absolute atomic E-state index is 0.00473. The van der Waals surface area contributed by atoms with Gasteiger partial charge >= 0.3 is 0 Å². The molecule has 1 aliphatic heterocycles. The molecule has 3 rings (SSSR count). The van der Waals surface area contributed by atoms with Gasteiger partial charge in [-0.15, -0.1) is 0 Å². The molecule has 0 aliphatic carbocycles. The number of aryl methyl sites for hydroxylation is 1. The molecule has 0 saturated carbocycles. The van der Waals surface area contributed by atoms with Crippen molar-refractivity contribution in [1.82, 2.24) is 10.3 Å². The minimum atomic E-state index is -0.182. The zero-order valence-corrected chi connectivity index (χ0v) is 11.4. The molecule has 2 N–H and O–H groups in total. The molecule has 0 unspecified atom stereocenters. The zero-order chi connectivity index (χ0) is 13.9. The Balaban J connectivity index is 1.70. The largest absolute Gasteiger partial charge is 0.325 e. The number of hydrogen-bond acceptors (Lipinski definition) is 3. The third kappa shape index (κ3) is 2.70. The monoisotopic (exact) mass is 267 g/mol. The number of nitrogens with one attached hydrogen (secondary N) is 2. The summed E-state index contributed by atoms with van der Waals surface area (Å²) in [7, 11) is 0. The number of anilines is 1. The highest BCUT2D eigenvalue weighted by molar-refractivity contribution is 5.95. The van der Waals surface area contributed by atoms with Crippen molar-refractivity contribution in [2.75, 3.05) is 5.32 Å². The number of carbonyl (C=O) groups excluding carboxylic acids is 1. The van der Waals surface area contributed by atoms with E-state index in [0.717, 1.165) is 24.3 Å². The lowest BCUT2D eigenvalue weighted by atomic mass is 9.95.